The number of hydrogen-bond acceptors (Lipinski definition) is 2. The highest BCUT2D eigenvalue weighted by molar-refractivity contribution is 6.00. The Morgan fingerprint density at radius 1 is 1.31 bits per heavy atom. The minimum atomic E-state index is -0.167. The van der Waals surface area contributed by atoms with Gasteiger partial charge in [0.1, 0.15) is 5.78 Å². The van der Waals surface area contributed by atoms with Crippen molar-refractivity contribution in [2.45, 2.75) is 51.9 Å². The molecule has 2 heteroatoms. The highest BCUT2D eigenvalue weighted by atomic mass is 16.1. The fourth-order valence-corrected chi connectivity index (χ4v) is 4.30. The van der Waals surface area contributed by atoms with Crippen LogP contribution in [0.15, 0.2) is 11.1 Å². The van der Waals surface area contributed by atoms with Gasteiger partial charge in [-0.05, 0) is 56.1 Å². The van der Waals surface area contributed by atoms with Crippen molar-refractivity contribution < 1.29 is 9.59 Å². The number of rotatable bonds is 1. The summed E-state index contributed by atoms with van der Waals surface area (Å²) in [7, 11) is 0. The maximum Gasteiger partial charge on any atom is 0.155 e. The Hall–Kier alpha value is -0.920. The summed E-state index contributed by atoms with van der Waals surface area (Å²) in [5, 5.41) is 0. The lowest BCUT2D eigenvalue weighted by Crippen LogP contribution is -2.36. The number of carbonyl (C=O) groups is 2. The van der Waals surface area contributed by atoms with Gasteiger partial charge in [-0.2, -0.15) is 0 Å². The van der Waals surface area contributed by atoms with E-state index in [2.05, 4.69) is 0 Å². The predicted octanol–water partition coefficient (Wildman–Crippen LogP) is 2.82. The SMILES string of the molecule is CC(=O)C1=C2CCCC(=O)C23CCCC3C1. The average molecular weight is 218 g/mol. The molecule has 2 atom stereocenters. The summed E-state index contributed by atoms with van der Waals surface area (Å²) < 4.78 is 0. The lowest BCUT2D eigenvalue weighted by molar-refractivity contribution is -0.129. The molecule has 16 heavy (non-hydrogen) atoms. The number of allylic oxidation sites excluding steroid dienone is 2. The van der Waals surface area contributed by atoms with Crippen molar-refractivity contribution in [3.8, 4) is 0 Å². The van der Waals surface area contributed by atoms with Crippen LogP contribution in [0.1, 0.15) is 51.9 Å². The molecule has 2 unspecified atom stereocenters. The molecule has 2 nitrogen and oxygen atoms in total. The van der Waals surface area contributed by atoms with Gasteiger partial charge in [-0.1, -0.05) is 6.42 Å². The van der Waals surface area contributed by atoms with Gasteiger partial charge in [0.2, 0.25) is 0 Å². The molecule has 2 saturated carbocycles. The molecule has 3 rings (SSSR count). The maximum absolute atomic E-state index is 12.3. The Balaban J connectivity index is 2.14. The second-order valence-electron chi connectivity index (χ2n) is 5.55. The first-order valence-electron chi connectivity index (χ1n) is 6.43. The molecule has 0 aliphatic heterocycles. The van der Waals surface area contributed by atoms with Gasteiger partial charge >= 0.3 is 0 Å². The molecule has 0 bridgehead atoms. The van der Waals surface area contributed by atoms with Gasteiger partial charge in [0.15, 0.2) is 5.78 Å². The molecular formula is C14H18O2. The third kappa shape index (κ3) is 1.08. The van der Waals surface area contributed by atoms with Gasteiger partial charge in [-0.25, -0.2) is 0 Å². The van der Waals surface area contributed by atoms with Gasteiger partial charge in [-0.3, -0.25) is 9.59 Å². The molecule has 0 radical (unpaired) electrons. The van der Waals surface area contributed by atoms with Gasteiger partial charge in [-0.15, -0.1) is 0 Å². The van der Waals surface area contributed by atoms with E-state index < -0.39 is 0 Å². The Kier molecular flexibility index (Phi) is 2.10. The van der Waals surface area contributed by atoms with Crippen LogP contribution in [0.3, 0.4) is 0 Å². The van der Waals surface area contributed by atoms with Crippen molar-refractivity contribution >= 4 is 11.6 Å². The van der Waals surface area contributed by atoms with E-state index in [1.54, 1.807) is 6.92 Å². The van der Waals surface area contributed by atoms with Crippen molar-refractivity contribution in [3.63, 3.8) is 0 Å². The van der Waals surface area contributed by atoms with Crippen molar-refractivity contribution in [1.29, 1.82) is 0 Å². The molecule has 0 saturated heterocycles. The standard InChI is InChI=1S/C14H18O2/c1-9(15)11-8-10-4-3-7-14(10)12(11)5-2-6-13(14)16/h10H,2-8H2,1H3. The van der Waals surface area contributed by atoms with Crippen LogP contribution in [-0.2, 0) is 9.59 Å². The summed E-state index contributed by atoms with van der Waals surface area (Å²) in [5.74, 6) is 1.11. The third-order valence-electron chi connectivity index (χ3n) is 4.93. The van der Waals surface area contributed by atoms with Gasteiger partial charge < -0.3 is 0 Å². The topological polar surface area (TPSA) is 34.1 Å². The highest BCUT2D eigenvalue weighted by Crippen LogP contribution is 2.61. The third-order valence-corrected chi connectivity index (χ3v) is 4.93. The normalized spacial score (nSPS) is 37.6. The molecule has 3 aliphatic carbocycles. The zero-order chi connectivity index (χ0) is 11.3. The summed E-state index contributed by atoms with van der Waals surface area (Å²) in [4.78, 5) is 24.0. The molecule has 0 aromatic rings. The van der Waals surface area contributed by atoms with Crippen LogP contribution in [0.25, 0.3) is 0 Å². The zero-order valence-electron chi connectivity index (χ0n) is 9.84. The van der Waals surface area contributed by atoms with Crippen molar-refractivity contribution in [3.05, 3.63) is 11.1 Å². The number of ketones is 2. The summed E-state index contributed by atoms with van der Waals surface area (Å²) in [5.41, 5.74) is 2.09. The molecule has 2 fully saturated rings. The van der Waals surface area contributed by atoms with Gasteiger partial charge in [0, 0.05) is 6.42 Å². The highest BCUT2D eigenvalue weighted by Gasteiger charge is 2.56. The Labute approximate surface area is 96.1 Å². The smallest absolute Gasteiger partial charge is 0.155 e. The minimum Gasteiger partial charge on any atom is -0.299 e. The zero-order valence-corrected chi connectivity index (χ0v) is 9.84. The fraction of sp³-hybridized carbons (Fsp3) is 0.714. The number of carbonyl (C=O) groups excluding carboxylic acids is 2. The van der Waals surface area contributed by atoms with Crippen LogP contribution >= 0.6 is 0 Å². The van der Waals surface area contributed by atoms with Crippen LogP contribution in [0.4, 0.5) is 0 Å². The summed E-state index contributed by atoms with van der Waals surface area (Å²) in [6.45, 7) is 1.66. The van der Waals surface area contributed by atoms with E-state index in [0.29, 0.717) is 11.7 Å². The Morgan fingerprint density at radius 2 is 2.12 bits per heavy atom. The number of Topliss-reactive ketones (excluding diaryl/α,β-unsaturated/α-hetero) is 2. The summed E-state index contributed by atoms with van der Waals surface area (Å²) in [6.07, 6.45) is 6.91. The second-order valence-corrected chi connectivity index (χ2v) is 5.55. The van der Waals surface area contributed by atoms with E-state index in [4.69, 9.17) is 0 Å². The molecular weight excluding hydrogens is 200 g/mol. The predicted molar refractivity (Wildman–Crippen MR) is 61.0 cm³/mol. The van der Waals surface area contributed by atoms with Crippen LogP contribution in [0.5, 0.6) is 0 Å². The second kappa shape index (κ2) is 3.28. The molecule has 0 aromatic heterocycles. The van der Waals surface area contributed by atoms with E-state index in [1.165, 1.54) is 12.0 Å². The molecule has 1 spiro atoms. The molecule has 0 aromatic carbocycles. The number of hydrogen-bond donors (Lipinski definition) is 0. The van der Waals surface area contributed by atoms with E-state index in [0.717, 1.165) is 44.1 Å². The first-order chi connectivity index (χ1) is 7.66. The monoisotopic (exact) mass is 218 g/mol. The summed E-state index contributed by atoms with van der Waals surface area (Å²) in [6, 6.07) is 0. The first kappa shape index (κ1) is 10.2. The van der Waals surface area contributed by atoms with E-state index in [1.807, 2.05) is 0 Å². The van der Waals surface area contributed by atoms with Crippen LogP contribution in [0.2, 0.25) is 0 Å². The molecule has 3 aliphatic rings. The molecule has 0 amide bonds. The van der Waals surface area contributed by atoms with Crippen LogP contribution in [0, 0.1) is 11.3 Å². The fourth-order valence-electron chi connectivity index (χ4n) is 4.30. The van der Waals surface area contributed by atoms with E-state index in [9.17, 15) is 9.59 Å². The maximum atomic E-state index is 12.3. The summed E-state index contributed by atoms with van der Waals surface area (Å²) >= 11 is 0. The van der Waals surface area contributed by atoms with Crippen molar-refractivity contribution in [2.75, 3.05) is 0 Å². The van der Waals surface area contributed by atoms with Crippen LogP contribution in [-0.4, -0.2) is 11.6 Å². The van der Waals surface area contributed by atoms with E-state index >= 15 is 0 Å². The van der Waals surface area contributed by atoms with E-state index in [-0.39, 0.29) is 11.2 Å². The molecule has 86 valence electrons. The molecule has 0 heterocycles. The van der Waals surface area contributed by atoms with Gasteiger partial charge in [0.25, 0.3) is 0 Å². The van der Waals surface area contributed by atoms with Crippen molar-refractivity contribution in [2.24, 2.45) is 11.3 Å². The molecule has 0 N–H and O–H groups in total. The Bertz CT molecular complexity index is 405. The first-order valence-corrected chi connectivity index (χ1v) is 6.43. The van der Waals surface area contributed by atoms with Crippen LogP contribution < -0.4 is 0 Å². The minimum absolute atomic E-state index is 0.167. The van der Waals surface area contributed by atoms with Gasteiger partial charge in [0.05, 0.1) is 5.41 Å². The van der Waals surface area contributed by atoms with Crippen molar-refractivity contribution in [1.82, 2.24) is 0 Å². The quantitative estimate of drug-likeness (QED) is 0.678. The lowest BCUT2D eigenvalue weighted by Gasteiger charge is -2.35. The largest absolute Gasteiger partial charge is 0.299 e. The Morgan fingerprint density at radius 3 is 2.88 bits per heavy atom. The average Bonchev–Trinajstić information content (AvgIpc) is 2.74. The lowest BCUT2D eigenvalue weighted by atomic mass is 9.66.